The van der Waals surface area contributed by atoms with Crippen molar-refractivity contribution in [2.45, 2.75) is 43.9 Å². The molecule has 0 bridgehead atoms. The summed E-state index contributed by atoms with van der Waals surface area (Å²) in [7, 11) is 0. The van der Waals surface area contributed by atoms with Gasteiger partial charge in [-0.3, -0.25) is 9.69 Å². The first-order valence-corrected chi connectivity index (χ1v) is 15.6. The predicted octanol–water partition coefficient (Wildman–Crippen LogP) is 6.56. The van der Waals surface area contributed by atoms with Crippen molar-refractivity contribution < 1.29 is 22.7 Å². The van der Waals surface area contributed by atoms with Crippen LogP contribution in [0.25, 0.3) is 32.8 Å². The zero-order chi connectivity index (χ0) is 31.5. The van der Waals surface area contributed by atoms with Crippen LogP contribution in [-0.4, -0.2) is 82.8 Å². The van der Waals surface area contributed by atoms with Gasteiger partial charge in [0.15, 0.2) is 5.82 Å². The van der Waals surface area contributed by atoms with Crippen LogP contribution >= 0.6 is 11.6 Å². The molecule has 7 nitrogen and oxygen atoms in total. The summed E-state index contributed by atoms with van der Waals surface area (Å²) in [4.78, 5) is 27.6. The summed E-state index contributed by atoms with van der Waals surface area (Å²) in [6.45, 7) is 8.28. The predicted molar refractivity (Wildman–Crippen MR) is 170 cm³/mol. The van der Waals surface area contributed by atoms with E-state index in [1.807, 2.05) is 11.8 Å². The van der Waals surface area contributed by atoms with Gasteiger partial charge in [0.05, 0.1) is 10.6 Å². The molecule has 0 radical (unpaired) electrons. The molecule has 11 heteroatoms. The van der Waals surface area contributed by atoms with Crippen LogP contribution in [0, 0.1) is 11.6 Å². The number of alkyl halides is 1. The molecule has 45 heavy (non-hydrogen) atoms. The maximum atomic E-state index is 16.7. The summed E-state index contributed by atoms with van der Waals surface area (Å²) >= 11 is 6.41. The summed E-state index contributed by atoms with van der Waals surface area (Å²) in [6, 6.07) is 11.4. The Morgan fingerprint density at radius 2 is 1.96 bits per heavy atom. The molecule has 1 amide bonds. The second kappa shape index (κ2) is 11.5. The highest BCUT2D eigenvalue weighted by atomic mass is 35.5. The van der Waals surface area contributed by atoms with Gasteiger partial charge in [0, 0.05) is 55.0 Å². The fourth-order valence-corrected chi connectivity index (χ4v) is 7.67. The van der Waals surface area contributed by atoms with E-state index < -0.39 is 23.3 Å². The summed E-state index contributed by atoms with van der Waals surface area (Å²) in [5.41, 5.74) is 0.252. The molecule has 3 aromatic carbocycles. The SMILES string of the molecule is C=CC(=O)N1CCN(c2nc(OC[C@@]34CCCN3C[C@H](F)C4)nc3c(F)c(-c4cccc5ccc(F)c(Cl)c45)ccc23)[C@@H](C)C1. The number of hydrogen-bond acceptors (Lipinski definition) is 6. The molecule has 1 aromatic heterocycles. The lowest BCUT2D eigenvalue weighted by molar-refractivity contribution is -0.126. The monoisotopic (exact) mass is 635 g/mol. The fraction of sp³-hybridized carbons (Fsp3) is 0.382. The minimum atomic E-state index is -0.922. The van der Waals surface area contributed by atoms with Gasteiger partial charge in [-0.25, -0.2) is 13.2 Å². The van der Waals surface area contributed by atoms with Gasteiger partial charge in [-0.2, -0.15) is 9.97 Å². The van der Waals surface area contributed by atoms with Gasteiger partial charge in [-0.05, 0) is 55.5 Å². The van der Waals surface area contributed by atoms with Crippen molar-refractivity contribution in [2.75, 3.05) is 44.2 Å². The van der Waals surface area contributed by atoms with Crippen molar-refractivity contribution in [1.82, 2.24) is 19.8 Å². The van der Waals surface area contributed by atoms with Crippen LogP contribution in [0.1, 0.15) is 26.2 Å². The number of amides is 1. The maximum absolute atomic E-state index is 16.7. The first-order valence-electron chi connectivity index (χ1n) is 15.3. The van der Waals surface area contributed by atoms with Gasteiger partial charge < -0.3 is 14.5 Å². The standard InChI is InChI=1S/C34H33ClF3N5O2/c1-3-27(44)41-14-15-43(20(2)17-41)32-25-10-9-24(23-7-4-6-21-8-11-26(37)29(35)28(21)23)30(38)31(25)39-33(40-32)45-19-34-12-5-13-42(34)18-22(36)16-34/h3-4,6-11,20,22H,1,5,12-19H2,2H3/t20-,22+,34-/m0/s1. The summed E-state index contributed by atoms with van der Waals surface area (Å²) in [5, 5.41) is 1.47. The number of piperazine rings is 1. The van der Waals surface area contributed by atoms with E-state index in [0.717, 1.165) is 19.4 Å². The molecule has 4 aromatic rings. The molecule has 3 aliphatic rings. The Morgan fingerprint density at radius 3 is 2.76 bits per heavy atom. The van der Waals surface area contributed by atoms with Crippen LogP contribution < -0.4 is 9.64 Å². The third-order valence-corrected chi connectivity index (χ3v) is 9.98. The Balaban J connectivity index is 1.34. The lowest BCUT2D eigenvalue weighted by Crippen LogP contribution is -2.53. The summed E-state index contributed by atoms with van der Waals surface area (Å²) < 4.78 is 52.0. The number of aromatic nitrogens is 2. The molecular formula is C34H33ClF3N5O2. The molecule has 0 aliphatic carbocycles. The van der Waals surface area contributed by atoms with Crippen LogP contribution in [0.2, 0.25) is 5.02 Å². The average Bonchev–Trinajstić information content (AvgIpc) is 3.57. The van der Waals surface area contributed by atoms with Crippen molar-refractivity contribution in [3.8, 4) is 17.1 Å². The van der Waals surface area contributed by atoms with Crippen LogP contribution in [0.4, 0.5) is 19.0 Å². The Hall–Kier alpha value is -3.89. The zero-order valence-electron chi connectivity index (χ0n) is 24.9. The number of fused-ring (bicyclic) bond motifs is 3. The number of ether oxygens (including phenoxy) is 1. The third-order valence-electron chi connectivity index (χ3n) is 9.61. The third kappa shape index (κ3) is 5.08. The molecule has 3 saturated heterocycles. The van der Waals surface area contributed by atoms with Gasteiger partial charge in [-0.1, -0.05) is 48.5 Å². The average molecular weight is 636 g/mol. The Labute approximate surface area is 264 Å². The van der Waals surface area contributed by atoms with Gasteiger partial charge in [0.2, 0.25) is 5.91 Å². The fourth-order valence-electron chi connectivity index (χ4n) is 7.40. The minimum absolute atomic E-state index is 0.00382. The van der Waals surface area contributed by atoms with Gasteiger partial charge >= 0.3 is 6.01 Å². The van der Waals surface area contributed by atoms with Crippen molar-refractivity contribution in [1.29, 1.82) is 0 Å². The van der Waals surface area contributed by atoms with E-state index in [1.165, 1.54) is 12.1 Å². The van der Waals surface area contributed by atoms with E-state index in [4.69, 9.17) is 21.3 Å². The second-order valence-electron chi connectivity index (χ2n) is 12.3. The van der Waals surface area contributed by atoms with Crippen molar-refractivity contribution in [3.05, 3.63) is 71.8 Å². The molecule has 0 unspecified atom stereocenters. The van der Waals surface area contributed by atoms with Crippen LogP contribution in [-0.2, 0) is 4.79 Å². The normalized spacial score (nSPS) is 23.6. The maximum Gasteiger partial charge on any atom is 0.319 e. The minimum Gasteiger partial charge on any atom is -0.461 e. The number of anilines is 1. The van der Waals surface area contributed by atoms with Crippen molar-refractivity contribution >= 4 is 45.0 Å². The molecule has 3 fully saturated rings. The largest absolute Gasteiger partial charge is 0.461 e. The lowest BCUT2D eigenvalue weighted by Gasteiger charge is -2.40. The molecule has 4 heterocycles. The molecule has 3 atom stereocenters. The molecule has 0 spiro atoms. The first kappa shape index (κ1) is 29.8. The van der Waals surface area contributed by atoms with E-state index in [0.29, 0.717) is 60.1 Å². The molecule has 0 N–H and O–H groups in total. The topological polar surface area (TPSA) is 61.8 Å². The van der Waals surface area contributed by atoms with E-state index in [-0.39, 0.29) is 40.7 Å². The van der Waals surface area contributed by atoms with Crippen LogP contribution in [0.5, 0.6) is 6.01 Å². The quantitative estimate of drug-likeness (QED) is 0.224. The second-order valence-corrected chi connectivity index (χ2v) is 12.7. The van der Waals surface area contributed by atoms with E-state index in [1.54, 1.807) is 41.3 Å². The van der Waals surface area contributed by atoms with E-state index >= 15 is 4.39 Å². The van der Waals surface area contributed by atoms with Gasteiger partial charge in [-0.15, -0.1) is 0 Å². The smallest absolute Gasteiger partial charge is 0.319 e. The number of hydrogen-bond donors (Lipinski definition) is 0. The highest BCUT2D eigenvalue weighted by molar-refractivity contribution is 6.37. The number of nitrogens with zero attached hydrogens (tertiary/aromatic N) is 5. The molecule has 3 aliphatic heterocycles. The Bertz CT molecular complexity index is 1840. The molecular weight excluding hydrogens is 603 g/mol. The van der Waals surface area contributed by atoms with Gasteiger partial charge in [0.1, 0.15) is 29.9 Å². The summed E-state index contributed by atoms with van der Waals surface area (Å²) in [5.74, 6) is -0.880. The van der Waals surface area contributed by atoms with E-state index in [9.17, 15) is 13.6 Å². The molecule has 234 valence electrons. The number of carbonyl (C=O) groups is 1. The highest BCUT2D eigenvalue weighted by Crippen LogP contribution is 2.42. The molecule has 7 rings (SSSR count). The van der Waals surface area contributed by atoms with E-state index in [2.05, 4.69) is 16.5 Å². The van der Waals surface area contributed by atoms with Gasteiger partial charge in [0.25, 0.3) is 0 Å². The zero-order valence-corrected chi connectivity index (χ0v) is 25.7. The number of halogens is 4. The van der Waals surface area contributed by atoms with Crippen molar-refractivity contribution in [2.24, 2.45) is 0 Å². The molecule has 0 saturated carbocycles. The number of benzene rings is 3. The van der Waals surface area contributed by atoms with Crippen LogP contribution in [0.3, 0.4) is 0 Å². The summed E-state index contributed by atoms with van der Waals surface area (Å²) in [6.07, 6.45) is 2.52. The lowest BCUT2D eigenvalue weighted by atomic mass is 9.95. The highest BCUT2D eigenvalue weighted by Gasteiger charge is 2.49. The Morgan fingerprint density at radius 1 is 1.11 bits per heavy atom. The van der Waals surface area contributed by atoms with Crippen LogP contribution in [0.15, 0.2) is 55.1 Å². The van der Waals surface area contributed by atoms with Crippen molar-refractivity contribution in [3.63, 3.8) is 0 Å². The number of carbonyl (C=O) groups excluding carboxylic acids is 1. The first-order chi connectivity index (χ1) is 21.7. The Kier molecular flexibility index (Phi) is 7.60. The number of rotatable bonds is 6.